The number of hydrogen-bond acceptors (Lipinski definition) is 8. The fourth-order valence-electron chi connectivity index (χ4n) is 3.24. The molecule has 31 heavy (non-hydrogen) atoms. The molecule has 0 aromatic heterocycles. The summed E-state index contributed by atoms with van der Waals surface area (Å²) in [5.74, 6) is -0.696. The van der Waals surface area contributed by atoms with Crippen LogP contribution in [0.3, 0.4) is 0 Å². The largest absolute Gasteiger partial charge is 1.00 e. The van der Waals surface area contributed by atoms with Crippen molar-refractivity contribution in [2.75, 3.05) is 17.2 Å². The number of hydrogen-bond donors (Lipinski definition) is 0. The Kier molecular flexibility index (Phi) is 7.03. The van der Waals surface area contributed by atoms with Gasteiger partial charge in [-0.05, 0) is 42.8 Å². The van der Waals surface area contributed by atoms with Gasteiger partial charge in [-0.15, -0.1) is 0 Å². The average Bonchev–Trinajstić information content (AvgIpc) is 3.04. The summed E-state index contributed by atoms with van der Waals surface area (Å²) in [6, 6.07) is 13.5. The van der Waals surface area contributed by atoms with E-state index in [-0.39, 0.29) is 59.4 Å². The van der Waals surface area contributed by atoms with E-state index >= 15 is 0 Å². The molecule has 0 saturated carbocycles. The van der Waals surface area contributed by atoms with Gasteiger partial charge in [0.15, 0.2) is 5.75 Å². The number of ketones is 1. The van der Waals surface area contributed by atoms with Crippen LogP contribution in [0.4, 0.5) is 5.69 Å². The van der Waals surface area contributed by atoms with Crippen LogP contribution in [0.25, 0.3) is 0 Å². The Hall–Kier alpha value is -2.43. The van der Waals surface area contributed by atoms with Gasteiger partial charge in [-0.25, -0.2) is 13.2 Å². The Labute approximate surface area is 201 Å². The first kappa shape index (κ1) is 23.2. The standard InChI is InChI=1S/C21H17NO7S.Na/c23-20-14-6-1-3-8-17(14)29-21(24)15(20)10-11-19-22(12-5-13-30(25,26)27)16-7-2-4-9-18(16)28-19;/h1-4,6-11H,5,12-13H2,(H,25,26,27);/q;+1/p-1/b15-10-,19-11-;. The van der Waals surface area contributed by atoms with Gasteiger partial charge in [0.25, 0.3) is 0 Å². The molecule has 2 aliphatic heterocycles. The van der Waals surface area contributed by atoms with E-state index in [2.05, 4.69) is 0 Å². The molecule has 0 unspecified atom stereocenters. The average molecular weight is 449 g/mol. The molecule has 2 aromatic rings. The number of esters is 1. The summed E-state index contributed by atoms with van der Waals surface area (Å²) >= 11 is 0. The molecule has 2 heterocycles. The molecule has 10 heteroatoms. The zero-order chi connectivity index (χ0) is 21.3. The maximum Gasteiger partial charge on any atom is 1.00 e. The molecule has 0 spiro atoms. The van der Waals surface area contributed by atoms with Crippen molar-refractivity contribution in [1.82, 2.24) is 0 Å². The minimum Gasteiger partial charge on any atom is -0.748 e. The first-order valence-electron chi connectivity index (χ1n) is 9.09. The number of carbonyl (C=O) groups is 2. The van der Waals surface area contributed by atoms with Crippen LogP contribution in [-0.4, -0.2) is 37.0 Å². The van der Waals surface area contributed by atoms with E-state index in [4.69, 9.17) is 9.47 Å². The van der Waals surface area contributed by atoms with E-state index in [1.54, 1.807) is 53.4 Å². The smallest absolute Gasteiger partial charge is 0.748 e. The van der Waals surface area contributed by atoms with E-state index in [0.717, 1.165) is 0 Å². The van der Waals surface area contributed by atoms with Crippen LogP contribution in [0.15, 0.2) is 72.1 Å². The SMILES string of the molecule is O=C1Oc2ccccc2C(=O)/C1=C/C=C1\Oc2ccccc2N1CCCS(=O)(=O)[O-].[Na+]. The van der Waals surface area contributed by atoms with Crippen LogP contribution in [0.2, 0.25) is 0 Å². The van der Waals surface area contributed by atoms with Gasteiger partial charge in [0.1, 0.15) is 11.3 Å². The van der Waals surface area contributed by atoms with Gasteiger partial charge < -0.3 is 18.9 Å². The number of anilines is 1. The third kappa shape index (κ3) is 5.08. The van der Waals surface area contributed by atoms with Crippen LogP contribution < -0.4 is 43.9 Å². The predicted molar refractivity (Wildman–Crippen MR) is 106 cm³/mol. The van der Waals surface area contributed by atoms with Crippen molar-refractivity contribution in [1.29, 1.82) is 0 Å². The maximum atomic E-state index is 12.7. The molecule has 8 nitrogen and oxygen atoms in total. The molecule has 2 aliphatic rings. The Balaban J connectivity index is 0.00000272. The van der Waals surface area contributed by atoms with Crippen molar-refractivity contribution < 1.29 is 61.6 Å². The molecule has 0 atom stereocenters. The normalized spacial score (nSPS) is 17.6. The summed E-state index contributed by atoms with van der Waals surface area (Å²) in [6.07, 6.45) is 2.86. The van der Waals surface area contributed by atoms with Crippen LogP contribution >= 0.6 is 0 Å². The Morgan fingerprint density at radius 1 is 0.935 bits per heavy atom. The van der Waals surface area contributed by atoms with E-state index < -0.39 is 27.6 Å². The van der Waals surface area contributed by atoms with Crippen LogP contribution in [0, 0.1) is 0 Å². The third-order valence-electron chi connectivity index (χ3n) is 4.60. The topological polar surface area (TPSA) is 113 Å². The number of ether oxygens (including phenoxy) is 2. The number of rotatable bonds is 5. The second-order valence-electron chi connectivity index (χ2n) is 6.64. The number of Topliss-reactive ketones (excluding diaryl/α,β-unsaturated/α-hetero) is 1. The number of benzene rings is 2. The summed E-state index contributed by atoms with van der Waals surface area (Å²) in [4.78, 5) is 26.6. The molecule has 0 fully saturated rings. The Morgan fingerprint density at radius 3 is 2.35 bits per heavy atom. The van der Waals surface area contributed by atoms with Crippen molar-refractivity contribution in [2.24, 2.45) is 0 Å². The maximum absolute atomic E-state index is 12.7. The molecule has 0 aliphatic carbocycles. The summed E-state index contributed by atoms with van der Waals surface area (Å²) in [7, 11) is -4.34. The summed E-state index contributed by atoms with van der Waals surface area (Å²) in [6.45, 7) is 0.203. The minimum absolute atomic E-state index is 0. The molecular weight excluding hydrogens is 433 g/mol. The second-order valence-corrected chi connectivity index (χ2v) is 8.16. The number of allylic oxidation sites excluding steroid dienone is 2. The fraction of sp³-hybridized carbons (Fsp3) is 0.143. The Morgan fingerprint density at radius 2 is 1.61 bits per heavy atom. The summed E-state index contributed by atoms with van der Waals surface area (Å²) in [5.41, 5.74) is 0.825. The first-order valence-corrected chi connectivity index (χ1v) is 10.7. The molecule has 0 N–H and O–H groups in total. The van der Waals surface area contributed by atoms with Crippen molar-refractivity contribution in [3.63, 3.8) is 0 Å². The zero-order valence-electron chi connectivity index (χ0n) is 16.6. The zero-order valence-corrected chi connectivity index (χ0v) is 19.4. The minimum atomic E-state index is -4.34. The van der Waals surface area contributed by atoms with Crippen molar-refractivity contribution in [3.05, 3.63) is 77.7 Å². The molecule has 4 rings (SSSR count). The molecule has 154 valence electrons. The van der Waals surface area contributed by atoms with E-state index in [9.17, 15) is 22.6 Å². The van der Waals surface area contributed by atoms with E-state index in [1.165, 1.54) is 12.2 Å². The van der Waals surface area contributed by atoms with Crippen LogP contribution in [0.1, 0.15) is 16.8 Å². The van der Waals surface area contributed by atoms with Gasteiger partial charge >= 0.3 is 35.5 Å². The van der Waals surface area contributed by atoms with Crippen LogP contribution in [0.5, 0.6) is 11.5 Å². The number of carbonyl (C=O) groups excluding carboxylic acids is 2. The second kappa shape index (κ2) is 9.37. The number of para-hydroxylation sites is 3. The monoisotopic (exact) mass is 449 g/mol. The van der Waals surface area contributed by atoms with Gasteiger partial charge in [-0.3, -0.25) is 4.79 Å². The molecule has 2 aromatic carbocycles. The summed E-state index contributed by atoms with van der Waals surface area (Å²) < 4.78 is 43.7. The third-order valence-corrected chi connectivity index (χ3v) is 5.39. The van der Waals surface area contributed by atoms with Crippen molar-refractivity contribution >= 4 is 27.6 Å². The first-order chi connectivity index (χ1) is 14.3. The van der Waals surface area contributed by atoms with Gasteiger partial charge in [-0.1, -0.05) is 24.3 Å². The molecule has 0 bridgehead atoms. The number of nitrogens with zero attached hydrogens (tertiary/aromatic N) is 1. The quantitative estimate of drug-likeness (QED) is 0.148. The molecule has 0 saturated heterocycles. The van der Waals surface area contributed by atoms with Crippen molar-refractivity contribution in [2.45, 2.75) is 6.42 Å². The van der Waals surface area contributed by atoms with E-state index in [1.807, 2.05) is 0 Å². The van der Waals surface area contributed by atoms with Gasteiger partial charge in [-0.2, -0.15) is 0 Å². The molecular formula is C21H16NNaO7S. The van der Waals surface area contributed by atoms with Crippen LogP contribution in [-0.2, 0) is 14.9 Å². The van der Waals surface area contributed by atoms with Crippen molar-refractivity contribution in [3.8, 4) is 11.5 Å². The predicted octanol–water partition coefficient (Wildman–Crippen LogP) is -0.606. The van der Waals surface area contributed by atoms with Gasteiger partial charge in [0.2, 0.25) is 11.7 Å². The Bertz CT molecular complexity index is 1200. The number of fused-ring (bicyclic) bond motifs is 2. The van der Waals surface area contributed by atoms with Gasteiger partial charge in [0.05, 0.1) is 21.4 Å². The fourth-order valence-corrected chi connectivity index (χ4v) is 3.72. The van der Waals surface area contributed by atoms with Gasteiger partial charge in [0, 0.05) is 12.3 Å². The molecule has 0 amide bonds. The molecule has 0 radical (unpaired) electrons. The summed E-state index contributed by atoms with van der Waals surface area (Å²) in [5, 5.41) is 0. The van der Waals surface area contributed by atoms with E-state index in [0.29, 0.717) is 17.3 Å².